The Kier molecular flexibility index (Phi) is 2.66. The quantitative estimate of drug-likeness (QED) is 0.701. The van der Waals surface area contributed by atoms with Gasteiger partial charge in [0.2, 0.25) is 0 Å². The van der Waals surface area contributed by atoms with E-state index >= 15 is 0 Å². The van der Waals surface area contributed by atoms with Crippen LogP contribution in [0.2, 0.25) is 0 Å². The van der Waals surface area contributed by atoms with Gasteiger partial charge in [0.05, 0.1) is 17.2 Å². The maximum absolute atomic E-state index is 8.95. The van der Waals surface area contributed by atoms with Crippen molar-refractivity contribution in [2.24, 2.45) is 12.5 Å². The fourth-order valence-corrected chi connectivity index (χ4v) is 1.12. The number of nitrogens with zero attached hydrogens (tertiary/aromatic N) is 4. The standard InChI is InChI=1S/C9H14N4/c1-4-9(2,7-10)5-8-6-13(3)12-11-8/h6H,4-5H2,1-3H3. The molecule has 1 rings (SSSR count). The van der Waals surface area contributed by atoms with E-state index in [1.165, 1.54) is 0 Å². The van der Waals surface area contributed by atoms with Gasteiger partial charge in [-0.3, -0.25) is 4.68 Å². The number of nitriles is 1. The number of rotatable bonds is 3. The summed E-state index contributed by atoms with van der Waals surface area (Å²) in [6.07, 6.45) is 3.36. The van der Waals surface area contributed by atoms with E-state index in [0.29, 0.717) is 6.42 Å². The summed E-state index contributed by atoms with van der Waals surface area (Å²) in [7, 11) is 1.83. The van der Waals surface area contributed by atoms with Crippen molar-refractivity contribution < 1.29 is 0 Å². The summed E-state index contributed by atoms with van der Waals surface area (Å²) in [5.41, 5.74) is 0.573. The predicted molar refractivity (Wildman–Crippen MR) is 48.7 cm³/mol. The normalized spacial score (nSPS) is 14.9. The van der Waals surface area contributed by atoms with Gasteiger partial charge in [-0.1, -0.05) is 12.1 Å². The van der Waals surface area contributed by atoms with Crippen molar-refractivity contribution in [2.45, 2.75) is 26.7 Å². The van der Waals surface area contributed by atoms with Crippen molar-refractivity contribution >= 4 is 0 Å². The second-order valence-electron chi connectivity index (χ2n) is 3.59. The average molecular weight is 178 g/mol. The van der Waals surface area contributed by atoms with Crippen molar-refractivity contribution in [1.82, 2.24) is 15.0 Å². The average Bonchev–Trinajstić information content (AvgIpc) is 2.51. The molecule has 4 heteroatoms. The highest BCUT2D eigenvalue weighted by atomic mass is 15.4. The summed E-state index contributed by atoms with van der Waals surface area (Å²) in [4.78, 5) is 0. The maximum atomic E-state index is 8.95. The molecule has 0 bridgehead atoms. The molecule has 70 valence electrons. The molecule has 0 fully saturated rings. The van der Waals surface area contributed by atoms with Gasteiger partial charge in [0.25, 0.3) is 0 Å². The highest BCUT2D eigenvalue weighted by molar-refractivity contribution is 5.05. The van der Waals surface area contributed by atoms with Gasteiger partial charge in [-0.2, -0.15) is 5.26 Å². The highest BCUT2D eigenvalue weighted by Gasteiger charge is 2.23. The van der Waals surface area contributed by atoms with E-state index in [-0.39, 0.29) is 5.41 Å². The Hall–Kier alpha value is -1.37. The first-order valence-electron chi connectivity index (χ1n) is 4.36. The van der Waals surface area contributed by atoms with E-state index < -0.39 is 0 Å². The molecule has 1 aromatic heterocycles. The molecule has 4 nitrogen and oxygen atoms in total. The van der Waals surface area contributed by atoms with Gasteiger partial charge in [-0.25, -0.2) is 0 Å². The molecule has 0 aliphatic carbocycles. The summed E-state index contributed by atoms with van der Waals surface area (Å²) >= 11 is 0. The van der Waals surface area contributed by atoms with Gasteiger partial charge < -0.3 is 0 Å². The highest BCUT2D eigenvalue weighted by Crippen LogP contribution is 2.23. The smallest absolute Gasteiger partial charge is 0.0842 e. The minimum absolute atomic E-state index is 0.309. The molecule has 1 atom stereocenters. The molecule has 0 saturated heterocycles. The molecule has 0 aliphatic heterocycles. The van der Waals surface area contributed by atoms with E-state index in [4.69, 9.17) is 5.26 Å². The van der Waals surface area contributed by atoms with E-state index in [0.717, 1.165) is 12.1 Å². The topological polar surface area (TPSA) is 54.5 Å². The predicted octanol–water partition coefficient (Wildman–Crippen LogP) is 1.30. The first-order valence-corrected chi connectivity index (χ1v) is 4.36. The Morgan fingerprint density at radius 2 is 2.38 bits per heavy atom. The van der Waals surface area contributed by atoms with Crippen molar-refractivity contribution in [3.8, 4) is 6.07 Å². The van der Waals surface area contributed by atoms with Crippen molar-refractivity contribution in [2.75, 3.05) is 0 Å². The first-order chi connectivity index (χ1) is 6.09. The lowest BCUT2D eigenvalue weighted by atomic mass is 9.85. The Bertz CT molecular complexity index is 323. The lowest BCUT2D eigenvalue weighted by molar-refractivity contribution is 0.418. The van der Waals surface area contributed by atoms with Crippen LogP contribution in [0.3, 0.4) is 0 Å². The third-order valence-electron chi connectivity index (χ3n) is 2.27. The summed E-state index contributed by atoms with van der Waals surface area (Å²) in [5, 5.41) is 16.7. The molecule has 0 spiro atoms. The van der Waals surface area contributed by atoms with Gasteiger partial charge in [-0.05, 0) is 13.3 Å². The van der Waals surface area contributed by atoms with Gasteiger partial charge >= 0.3 is 0 Å². The van der Waals surface area contributed by atoms with Crippen LogP contribution in [0.4, 0.5) is 0 Å². The van der Waals surface area contributed by atoms with E-state index in [2.05, 4.69) is 16.4 Å². The Morgan fingerprint density at radius 3 is 2.77 bits per heavy atom. The minimum atomic E-state index is -0.309. The van der Waals surface area contributed by atoms with Crippen LogP contribution in [-0.2, 0) is 13.5 Å². The molecule has 1 aromatic rings. The zero-order valence-electron chi connectivity index (χ0n) is 8.28. The third-order valence-corrected chi connectivity index (χ3v) is 2.27. The lowest BCUT2D eigenvalue weighted by Gasteiger charge is -2.16. The fourth-order valence-electron chi connectivity index (χ4n) is 1.12. The number of hydrogen-bond donors (Lipinski definition) is 0. The molecular weight excluding hydrogens is 164 g/mol. The molecule has 0 saturated carbocycles. The van der Waals surface area contributed by atoms with E-state index in [1.54, 1.807) is 4.68 Å². The van der Waals surface area contributed by atoms with Gasteiger partial charge in [0, 0.05) is 19.7 Å². The summed E-state index contributed by atoms with van der Waals surface area (Å²) in [6.45, 7) is 3.96. The monoisotopic (exact) mass is 178 g/mol. The second kappa shape index (κ2) is 3.56. The van der Waals surface area contributed by atoms with Crippen LogP contribution in [0.1, 0.15) is 26.0 Å². The van der Waals surface area contributed by atoms with Crippen LogP contribution in [0, 0.1) is 16.7 Å². The van der Waals surface area contributed by atoms with Gasteiger partial charge in [-0.15, -0.1) is 5.10 Å². The SMILES string of the molecule is CCC(C)(C#N)Cc1cn(C)nn1. The van der Waals surface area contributed by atoms with Crippen molar-refractivity contribution in [3.05, 3.63) is 11.9 Å². The zero-order valence-corrected chi connectivity index (χ0v) is 8.28. The van der Waals surface area contributed by atoms with Crippen LogP contribution in [0.15, 0.2) is 6.20 Å². The Balaban J connectivity index is 2.74. The minimum Gasteiger partial charge on any atom is -0.255 e. The summed E-state index contributed by atoms with van der Waals surface area (Å²) in [6, 6.07) is 2.31. The molecule has 1 unspecified atom stereocenters. The third kappa shape index (κ3) is 2.28. The molecule has 0 radical (unpaired) electrons. The van der Waals surface area contributed by atoms with Crippen molar-refractivity contribution in [3.63, 3.8) is 0 Å². The molecule has 1 heterocycles. The van der Waals surface area contributed by atoms with E-state index in [9.17, 15) is 0 Å². The fraction of sp³-hybridized carbons (Fsp3) is 0.667. The molecule has 0 aliphatic rings. The number of aromatic nitrogens is 3. The number of hydrogen-bond acceptors (Lipinski definition) is 3. The van der Waals surface area contributed by atoms with Crippen LogP contribution in [0.25, 0.3) is 0 Å². The molecule has 0 amide bonds. The van der Waals surface area contributed by atoms with Crippen molar-refractivity contribution in [1.29, 1.82) is 5.26 Å². The van der Waals surface area contributed by atoms with E-state index in [1.807, 2.05) is 27.1 Å². The summed E-state index contributed by atoms with van der Waals surface area (Å²) < 4.78 is 1.66. The molecular formula is C9H14N4. The van der Waals surface area contributed by atoms with Gasteiger partial charge in [0.15, 0.2) is 0 Å². The molecule has 13 heavy (non-hydrogen) atoms. The maximum Gasteiger partial charge on any atom is 0.0842 e. The zero-order chi connectivity index (χ0) is 9.90. The lowest BCUT2D eigenvalue weighted by Crippen LogP contribution is -2.16. The van der Waals surface area contributed by atoms with Gasteiger partial charge in [0.1, 0.15) is 0 Å². The number of aryl methyl sites for hydroxylation is 1. The molecule has 0 aromatic carbocycles. The second-order valence-corrected chi connectivity index (χ2v) is 3.59. The van der Waals surface area contributed by atoms with Crippen LogP contribution >= 0.6 is 0 Å². The Labute approximate surface area is 78.2 Å². The van der Waals surface area contributed by atoms with Crippen LogP contribution in [0.5, 0.6) is 0 Å². The Morgan fingerprint density at radius 1 is 1.69 bits per heavy atom. The molecule has 0 N–H and O–H groups in total. The largest absolute Gasteiger partial charge is 0.255 e. The van der Waals surface area contributed by atoms with Crippen LogP contribution < -0.4 is 0 Å². The van der Waals surface area contributed by atoms with Crippen LogP contribution in [-0.4, -0.2) is 15.0 Å². The first kappa shape index (κ1) is 9.72. The summed E-state index contributed by atoms with van der Waals surface area (Å²) in [5.74, 6) is 0.